The van der Waals surface area contributed by atoms with Crippen LogP contribution in [0.15, 0.2) is 30.3 Å². The van der Waals surface area contributed by atoms with Crippen molar-refractivity contribution in [3.63, 3.8) is 0 Å². The van der Waals surface area contributed by atoms with Gasteiger partial charge in [-0.15, -0.1) is 0 Å². The van der Waals surface area contributed by atoms with Crippen LogP contribution >= 0.6 is 11.6 Å². The minimum atomic E-state index is -0.884. The molecule has 0 unspecified atom stereocenters. The van der Waals surface area contributed by atoms with Crippen LogP contribution < -0.4 is 0 Å². The molecule has 17 heavy (non-hydrogen) atoms. The van der Waals surface area contributed by atoms with E-state index in [9.17, 15) is 4.79 Å². The largest absolute Gasteiger partial charge is 0.481 e. The van der Waals surface area contributed by atoms with Crippen LogP contribution in [0.2, 0.25) is 5.02 Å². The molecular formula is C12H11ClN2O2. The zero-order valence-corrected chi connectivity index (χ0v) is 9.98. The third-order valence-electron chi connectivity index (χ3n) is 2.34. The lowest BCUT2D eigenvalue weighted by molar-refractivity contribution is -0.136. The number of benzene rings is 1. The SMILES string of the molecule is Cc1cc(CC(=O)O)nn1-c1ccc(Cl)cc1. The van der Waals surface area contributed by atoms with E-state index in [0.717, 1.165) is 11.4 Å². The Hall–Kier alpha value is -1.81. The van der Waals surface area contributed by atoms with Gasteiger partial charge in [0.1, 0.15) is 0 Å². The van der Waals surface area contributed by atoms with Crippen LogP contribution in [0.5, 0.6) is 0 Å². The summed E-state index contributed by atoms with van der Waals surface area (Å²) in [6, 6.07) is 8.99. The van der Waals surface area contributed by atoms with Crippen molar-refractivity contribution in [1.29, 1.82) is 0 Å². The maximum atomic E-state index is 10.6. The molecular weight excluding hydrogens is 240 g/mol. The second-order valence-electron chi connectivity index (χ2n) is 3.74. The predicted octanol–water partition coefficient (Wildman–Crippen LogP) is 2.46. The molecule has 0 spiro atoms. The summed E-state index contributed by atoms with van der Waals surface area (Å²) < 4.78 is 1.70. The Balaban J connectivity index is 2.35. The zero-order valence-electron chi connectivity index (χ0n) is 9.22. The zero-order chi connectivity index (χ0) is 12.4. The Bertz CT molecular complexity index is 546. The van der Waals surface area contributed by atoms with Crippen LogP contribution in [0.25, 0.3) is 5.69 Å². The second kappa shape index (κ2) is 4.59. The summed E-state index contributed by atoms with van der Waals surface area (Å²) in [5, 5.41) is 13.6. The number of nitrogens with zero attached hydrogens (tertiary/aromatic N) is 2. The van der Waals surface area contributed by atoms with Crippen molar-refractivity contribution in [2.75, 3.05) is 0 Å². The lowest BCUT2D eigenvalue weighted by Crippen LogP contribution is -2.03. The molecule has 5 heteroatoms. The highest BCUT2D eigenvalue weighted by Gasteiger charge is 2.09. The number of halogens is 1. The second-order valence-corrected chi connectivity index (χ2v) is 4.17. The monoisotopic (exact) mass is 250 g/mol. The van der Waals surface area contributed by atoms with E-state index in [2.05, 4.69) is 5.10 Å². The van der Waals surface area contributed by atoms with Crippen LogP contribution in [0.3, 0.4) is 0 Å². The molecule has 4 nitrogen and oxygen atoms in total. The summed E-state index contributed by atoms with van der Waals surface area (Å²) in [6.07, 6.45) is -0.0680. The first-order valence-electron chi connectivity index (χ1n) is 5.09. The number of hydrogen-bond donors (Lipinski definition) is 1. The van der Waals surface area contributed by atoms with E-state index in [1.807, 2.05) is 19.1 Å². The topological polar surface area (TPSA) is 55.1 Å². The molecule has 0 saturated heterocycles. The maximum absolute atomic E-state index is 10.6. The predicted molar refractivity (Wildman–Crippen MR) is 64.7 cm³/mol. The minimum Gasteiger partial charge on any atom is -0.481 e. The Morgan fingerprint density at radius 1 is 1.41 bits per heavy atom. The van der Waals surface area contributed by atoms with Crippen molar-refractivity contribution >= 4 is 17.6 Å². The van der Waals surface area contributed by atoms with Gasteiger partial charge in [-0.05, 0) is 37.3 Å². The van der Waals surface area contributed by atoms with Gasteiger partial charge in [-0.25, -0.2) is 4.68 Å². The molecule has 0 radical (unpaired) electrons. The summed E-state index contributed by atoms with van der Waals surface area (Å²) in [6.45, 7) is 1.88. The molecule has 0 aliphatic carbocycles. The molecule has 2 rings (SSSR count). The van der Waals surface area contributed by atoms with Crippen LogP contribution in [0.4, 0.5) is 0 Å². The first kappa shape index (κ1) is 11.7. The van der Waals surface area contributed by atoms with E-state index in [1.165, 1.54) is 0 Å². The fourth-order valence-corrected chi connectivity index (χ4v) is 1.75. The number of carbonyl (C=O) groups is 1. The van der Waals surface area contributed by atoms with Crippen LogP contribution in [0, 0.1) is 6.92 Å². The van der Waals surface area contributed by atoms with E-state index >= 15 is 0 Å². The van der Waals surface area contributed by atoms with Crippen molar-refractivity contribution in [2.24, 2.45) is 0 Å². The summed E-state index contributed by atoms with van der Waals surface area (Å²) in [5.74, 6) is -0.884. The van der Waals surface area contributed by atoms with Gasteiger partial charge in [0, 0.05) is 10.7 Å². The third-order valence-corrected chi connectivity index (χ3v) is 2.59. The van der Waals surface area contributed by atoms with E-state index in [4.69, 9.17) is 16.7 Å². The molecule has 1 N–H and O–H groups in total. The lowest BCUT2D eigenvalue weighted by Gasteiger charge is -2.03. The third kappa shape index (κ3) is 2.65. The van der Waals surface area contributed by atoms with E-state index in [0.29, 0.717) is 10.7 Å². The maximum Gasteiger partial charge on any atom is 0.309 e. The number of hydrogen-bond acceptors (Lipinski definition) is 2. The normalized spacial score (nSPS) is 10.5. The number of carboxylic acids is 1. The minimum absolute atomic E-state index is 0.0680. The molecule has 88 valence electrons. The molecule has 0 saturated carbocycles. The summed E-state index contributed by atoms with van der Waals surface area (Å²) in [4.78, 5) is 10.6. The van der Waals surface area contributed by atoms with Crippen molar-refractivity contribution in [3.05, 3.63) is 46.7 Å². The lowest BCUT2D eigenvalue weighted by atomic mass is 10.3. The van der Waals surface area contributed by atoms with E-state index < -0.39 is 5.97 Å². The highest BCUT2D eigenvalue weighted by Crippen LogP contribution is 2.15. The first-order chi connectivity index (χ1) is 8.06. The van der Waals surface area contributed by atoms with E-state index in [-0.39, 0.29) is 6.42 Å². The summed E-state index contributed by atoms with van der Waals surface area (Å²) >= 11 is 5.81. The van der Waals surface area contributed by atoms with Gasteiger partial charge in [0.05, 0.1) is 17.8 Å². The van der Waals surface area contributed by atoms with Gasteiger partial charge in [0.2, 0.25) is 0 Å². The number of rotatable bonds is 3. The molecule has 0 aliphatic heterocycles. The van der Waals surface area contributed by atoms with Crippen molar-refractivity contribution in [2.45, 2.75) is 13.3 Å². The Kier molecular flexibility index (Phi) is 3.15. The average molecular weight is 251 g/mol. The van der Waals surface area contributed by atoms with E-state index in [1.54, 1.807) is 22.9 Å². The van der Waals surface area contributed by atoms with Gasteiger partial charge < -0.3 is 5.11 Å². The number of carboxylic acid groups (broad SMARTS) is 1. The van der Waals surface area contributed by atoms with Gasteiger partial charge in [0.15, 0.2) is 0 Å². The number of aryl methyl sites for hydroxylation is 1. The van der Waals surface area contributed by atoms with Gasteiger partial charge in [-0.3, -0.25) is 4.79 Å². The average Bonchev–Trinajstić information content (AvgIpc) is 2.59. The number of aromatic nitrogens is 2. The first-order valence-corrected chi connectivity index (χ1v) is 5.47. The highest BCUT2D eigenvalue weighted by molar-refractivity contribution is 6.30. The molecule has 0 aliphatic rings. The Morgan fingerprint density at radius 3 is 2.65 bits per heavy atom. The fraction of sp³-hybridized carbons (Fsp3) is 0.167. The molecule has 0 fully saturated rings. The Morgan fingerprint density at radius 2 is 2.06 bits per heavy atom. The molecule has 1 aromatic heterocycles. The van der Waals surface area contributed by atoms with Crippen LogP contribution in [-0.2, 0) is 11.2 Å². The van der Waals surface area contributed by atoms with Crippen LogP contribution in [0.1, 0.15) is 11.4 Å². The number of aliphatic carboxylic acids is 1. The molecule has 0 amide bonds. The molecule has 0 atom stereocenters. The smallest absolute Gasteiger partial charge is 0.309 e. The fourth-order valence-electron chi connectivity index (χ4n) is 1.62. The molecule has 0 bridgehead atoms. The van der Waals surface area contributed by atoms with Crippen molar-refractivity contribution in [3.8, 4) is 5.69 Å². The standard InChI is InChI=1S/C12H11ClN2O2/c1-8-6-10(7-12(16)17)14-15(8)11-4-2-9(13)3-5-11/h2-6H,7H2,1H3,(H,16,17). The molecule has 1 aromatic carbocycles. The summed E-state index contributed by atoms with van der Waals surface area (Å²) in [7, 11) is 0. The Labute approximate surface area is 103 Å². The van der Waals surface area contributed by atoms with Gasteiger partial charge in [-0.1, -0.05) is 11.6 Å². The molecule has 2 aromatic rings. The quantitative estimate of drug-likeness (QED) is 0.910. The van der Waals surface area contributed by atoms with Crippen molar-refractivity contribution in [1.82, 2.24) is 9.78 Å². The van der Waals surface area contributed by atoms with Gasteiger partial charge >= 0.3 is 5.97 Å². The summed E-state index contributed by atoms with van der Waals surface area (Å²) in [5.41, 5.74) is 2.30. The van der Waals surface area contributed by atoms with Gasteiger partial charge in [0.25, 0.3) is 0 Å². The highest BCUT2D eigenvalue weighted by atomic mass is 35.5. The van der Waals surface area contributed by atoms with Crippen molar-refractivity contribution < 1.29 is 9.90 Å². The molecule has 1 heterocycles. The van der Waals surface area contributed by atoms with Crippen LogP contribution in [-0.4, -0.2) is 20.9 Å². The van der Waals surface area contributed by atoms with Gasteiger partial charge in [-0.2, -0.15) is 5.10 Å².